The number of carbonyl (C=O) groups is 2. The molecular formula is C21H25NO4S. The van der Waals surface area contributed by atoms with Crippen LogP contribution in [0.4, 0.5) is 0 Å². The van der Waals surface area contributed by atoms with Crippen molar-refractivity contribution in [2.75, 3.05) is 27.3 Å². The lowest BCUT2D eigenvalue weighted by atomic mass is 9.89. The summed E-state index contributed by atoms with van der Waals surface area (Å²) in [7, 11) is 3.17. The molecule has 5 nitrogen and oxygen atoms in total. The Bertz CT molecular complexity index is 829. The molecule has 1 fully saturated rings. The number of hydrogen-bond donors (Lipinski definition) is 0. The predicted molar refractivity (Wildman–Crippen MR) is 106 cm³/mol. The van der Waals surface area contributed by atoms with E-state index in [0.29, 0.717) is 17.1 Å². The number of ketones is 2. The molecule has 0 aliphatic carbocycles. The van der Waals surface area contributed by atoms with Crippen LogP contribution in [-0.2, 0) is 6.54 Å². The fourth-order valence-corrected chi connectivity index (χ4v) is 4.34. The zero-order valence-corrected chi connectivity index (χ0v) is 16.8. The minimum atomic E-state index is -0.0491. The normalized spacial score (nSPS) is 17.5. The molecule has 0 radical (unpaired) electrons. The monoisotopic (exact) mass is 387 g/mol. The average Bonchev–Trinajstić information content (AvgIpc) is 3.16. The van der Waals surface area contributed by atoms with Crippen molar-refractivity contribution in [3.05, 3.63) is 45.6 Å². The Morgan fingerprint density at radius 3 is 2.70 bits per heavy atom. The first-order valence-electron chi connectivity index (χ1n) is 9.08. The van der Waals surface area contributed by atoms with E-state index < -0.39 is 0 Å². The third-order valence-electron chi connectivity index (χ3n) is 4.96. The number of ether oxygens (including phenoxy) is 2. The fourth-order valence-electron chi connectivity index (χ4n) is 3.54. The fraction of sp³-hybridized carbons (Fsp3) is 0.429. The number of methoxy groups -OCH3 is 2. The van der Waals surface area contributed by atoms with Gasteiger partial charge < -0.3 is 9.47 Å². The van der Waals surface area contributed by atoms with E-state index >= 15 is 0 Å². The van der Waals surface area contributed by atoms with Crippen molar-refractivity contribution in [3.63, 3.8) is 0 Å². The molecule has 0 unspecified atom stereocenters. The first kappa shape index (κ1) is 19.6. The highest BCUT2D eigenvalue weighted by atomic mass is 32.1. The van der Waals surface area contributed by atoms with Crippen molar-refractivity contribution in [3.8, 4) is 11.5 Å². The van der Waals surface area contributed by atoms with Crippen LogP contribution in [0.3, 0.4) is 0 Å². The standard InChI is InChI=1S/C21H25NO4S/c1-14(23)20-9-15(13-27-20)11-22-8-4-5-16(12-22)21(24)18-7-6-17(25-2)10-19(18)26-3/h6-7,9-10,13,16H,4-5,8,11-12H2,1-3H3/t16-/m1/s1. The summed E-state index contributed by atoms with van der Waals surface area (Å²) in [4.78, 5) is 27.7. The Labute approximate surface area is 163 Å². The first-order chi connectivity index (χ1) is 13.0. The minimum Gasteiger partial charge on any atom is -0.497 e. The molecule has 1 aliphatic rings. The molecule has 2 aromatic rings. The van der Waals surface area contributed by atoms with Gasteiger partial charge in [-0.15, -0.1) is 11.3 Å². The van der Waals surface area contributed by atoms with Gasteiger partial charge in [0.05, 0.1) is 24.7 Å². The summed E-state index contributed by atoms with van der Waals surface area (Å²) >= 11 is 1.49. The molecule has 1 aromatic carbocycles. The maximum Gasteiger partial charge on any atom is 0.170 e. The van der Waals surface area contributed by atoms with E-state index in [0.717, 1.165) is 42.9 Å². The van der Waals surface area contributed by atoms with Crippen LogP contribution in [0, 0.1) is 5.92 Å². The summed E-state index contributed by atoms with van der Waals surface area (Å²) in [5.74, 6) is 1.40. The maximum absolute atomic E-state index is 13.1. The van der Waals surface area contributed by atoms with Gasteiger partial charge in [0.15, 0.2) is 11.6 Å². The number of thiophene rings is 1. The highest BCUT2D eigenvalue weighted by molar-refractivity contribution is 7.12. The van der Waals surface area contributed by atoms with Crippen LogP contribution in [0.25, 0.3) is 0 Å². The molecule has 1 aliphatic heterocycles. The molecule has 0 spiro atoms. The molecule has 1 aromatic heterocycles. The predicted octanol–water partition coefficient (Wildman–Crippen LogP) is 4.06. The summed E-state index contributed by atoms with van der Waals surface area (Å²) in [5, 5.41) is 2.04. The van der Waals surface area contributed by atoms with Gasteiger partial charge in [-0.05, 0) is 55.5 Å². The lowest BCUT2D eigenvalue weighted by Crippen LogP contribution is -2.38. The number of piperidine rings is 1. The largest absolute Gasteiger partial charge is 0.497 e. The van der Waals surface area contributed by atoms with E-state index in [2.05, 4.69) is 4.90 Å². The van der Waals surface area contributed by atoms with Crippen molar-refractivity contribution < 1.29 is 19.1 Å². The lowest BCUT2D eigenvalue weighted by molar-refractivity contribution is 0.0808. The van der Waals surface area contributed by atoms with Gasteiger partial charge in [-0.25, -0.2) is 0 Å². The second kappa shape index (κ2) is 8.67. The van der Waals surface area contributed by atoms with Gasteiger partial charge in [0, 0.05) is 25.1 Å². The summed E-state index contributed by atoms with van der Waals surface area (Å²) in [6, 6.07) is 7.30. The number of likely N-dealkylation sites (tertiary alicyclic amines) is 1. The highest BCUT2D eigenvalue weighted by Gasteiger charge is 2.28. The molecule has 1 atom stereocenters. The molecule has 0 bridgehead atoms. The average molecular weight is 388 g/mol. The number of nitrogens with zero attached hydrogens (tertiary/aromatic N) is 1. The molecule has 0 amide bonds. The molecule has 0 N–H and O–H groups in total. The van der Waals surface area contributed by atoms with Gasteiger partial charge in [-0.2, -0.15) is 0 Å². The summed E-state index contributed by atoms with van der Waals surface area (Å²) in [5.41, 5.74) is 1.75. The van der Waals surface area contributed by atoms with E-state index in [-0.39, 0.29) is 17.5 Å². The molecule has 2 heterocycles. The van der Waals surface area contributed by atoms with E-state index in [1.54, 1.807) is 39.3 Å². The third kappa shape index (κ3) is 4.57. The lowest BCUT2D eigenvalue weighted by Gasteiger charge is -2.32. The number of Topliss-reactive ketones (excluding diaryl/α,β-unsaturated/α-hetero) is 2. The molecule has 1 saturated heterocycles. The number of rotatable bonds is 7. The molecule has 3 rings (SSSR count). The van der Waals surface area contributed by atoms with Crippen LogP contribution in [0.1, 0.15) is 45.4 Å². The summed E-state index contributed by atoms with van der Waals surface area (Å²) in [6.45, 7) is 4.05. The number of hydrogen-bond acceptors (Lipinski definition) is 6. The zero-order chi connectivity index (χ0) is 19.4. The second-order valence-electron chi connectivity index (χ2n) is 6.88. The van der Waals surface area contributed by atoms with Crippen LogP contribution in [0.15, 0.2) is 29.6 Å². The zero-order valence-electron chi connectivity index (χ0n) is 16.0. The molecule has 27 heavy (non-hydrogen) atoms. The number of carbonyl (C=O) groups excluding carboxylic acids is 2. The minimum absolute atomic E-state index is 0.0491. The Morgan fingerprint density at radius 2 is 2.04 bits per heavy atom. The Balaban J connectivity index is 1.70. The first-order valence-corrected chi connectivity index (χ1v) is 9.96. The van der Waals surface area contributed by atoms with Gasteiger partial charge in [-0.3, -0.25) is 14.5 Å². The molecule has 6 heteroatoms. The number of benzene rings is 1. The van der Waals surface area contributed by atoms with Crippen LogP contribution in [-0.4, -0.2) is 43.8 Å². The Kier molecular flexibility index (Phi) is 6.29. The molecular weight excluding hydrogens is 362 g/mol. The SMILES string of the molecule is COc1ccc(C(=O)[C@@H]2CCCN(Cc3csc(C(C)=O)c3)C2)c(OC)c1. The van der Waals surface area contributed by atoms with Crippen molar-refractivity contribution in [1.29, 1.82) is 0 Å². The van der Waals surface area contributed by atoms with E-state index in [9.17, 15) is 9.59 Å². The van der Waals surface area contributed by atoms with Gasteiger partial charge in [0.2, 0.25) is 0 Å². The summed E-state index contributed by atoms with van der Waals surface area (Å²) in [6.07, 6.45) is 1.87. The van der Waals surface area contributed by atoms with Crippen molar-refractivity contribution in [2.24, 2.45) is 5.92 Å². The Hall–Kier alpha value is -2.18. The van der Waals surface area contributed by atoms with Gasteiger partial charge in [0.1, 0.15) is 11.5 Å². The maximum atomic E-state index is 13.1. The smallest absolute Gasteiger partial charge is 0.170 e. The quantitative estimate of drug-likeness (QED) is 0.671. The highest BCUT2D eigenvalue weighted by Crippen LogP contribution is 2.30. The topological polar surface area (TPSA) is 55.8 Å². The van der Waals surface area contributed by atoms with E-state index in [1.165, 1.54) is 11.3 Å². The van der Waals surface area contributed by atoms with Crippen LogP contribution >= 0.6 is 11.3 Å². The van der Waals surface area contributed by atoms with Crippen molar-refractivity contribution >= 4 is 22.9 Å². The molecule has 144 valence electrons. The van der Waals surface area contributed by atoms with Gasteiger partial charge >= 0.3 is 0 Å². The third-order valence-corrected chi connectivity index (χ3v) is 6.04. The van der Waals surface area contributed by atoms with Crippen LogP contribution < -0.4 is 9.47 Å². The summed E-state index contributed by atoms with van der Waals surface area (Å²) < 4.78 is 10.6. The van der Waals surface area contributed by atoms with Crippen molar-refractivity contribution in [1.82, 2.24) is 4.90 Å². The van der Waals surface area contributed by atoms with Crippen LogP contribution in [0.5, 0.6) is 11.5 Å². The second-order valence-corrected chi connectivity index (χ2v) is 7.79. The van der Waals surface area contributed by atoms with Gasteiger partial charge in [0.25, 0.3) is 0 Å². The van der Waals surface area contributed by atoms with Crippen molar-refractivity contribution in [2.45, 2.75) is 26.3 Å². The Morgan fingerprint density at radius 1 is 1.22 bits per heavy atom. The molecule has 0 saturated carbocycles. The van der Waals surface area contributed by atoms with Gasteiger partial charge in [-0.1, -0.05) is 0 Å². The van der Waals surface area contributed by atoms with E-state index in [1.807, 2.05) is 11.4 Å². The van der Waals surface area contributed by atoms with Crippen LogP contribution in [0.2, 0.25) is 0 Å². The van der Waals surface area contributed by atoms with E-state index in [4.69, 9.17) is 9.47 Å².